The van der Waals surface area contributed by atoms with Crippen molar-refractivity contribution in [3.05, 3.63) is 29.1 Å². The van der Waals surface area contributed by atoms with Crippen molar-refractivity contribution in [3.63, 3.8) is 0 Å². The molecule has 2 nitrogen and oxygen atoms in total. The lowest BCUT2D eigenvalue weighted by Gasteiger charge is -2.41. The smallest absolute Gasteiger partial charge is 0.127 e. The molecule has 1 atom stereocenters. The molecule has 150 valence electrons. The highest BCUT2D eigenvalue weighted by atomic mass is 16.1. The Morgan fingerprint density at radius 3 is 2.41 bits per heavy atom. The summed E-state index contributed by atoms with van der Waals surface area (Å²) in [5.41, 5.74) is 4.04. The number of rotatable bonds is 9. The average Bonchev–Trinajstić information content (AvgIpc) is 2.71. The van der Waals surface area contributed by atoms with Crippen LogP contribution in [0.2, 0.25) is 0 Å². The molecule has 0 bridgehead atoms. The number of hydrogen-bond donors (Lipinski definition) is 0. The first-order valence-corrected chi connectivity index (χ1v) is 11.6. The fraction of sp³-hybridized carbons (Fsp3) is 0.760. The molecule has 2 heteroatoms. The molecule has 0 radical (unpaired) electrons. The van der Waals surface area contributed by atoms with Gasteiger partial charge in [0.1, 0.15) is 6.29 Å². The molecular formula is C25H39NO. The van der Waals surface area contributed by atoms with E-state index in [1.807, 2.05) is 0 Å². The molecule has 0 spiro atoms. The van der Waals surface area contributed by atoms with Gasteiger partial charge in [0.2, 0.25) is 0 Å². The summed E-state index contributed by atoms with van der Waals surface area (Å²) in [6.07, 6.45) is 18.9. The number of aromatic nitrogens is 1. The molecule has 1 heterocycles. The van der Waals surface area contributed by atoms with Crippen LogP contribution in [0.3, 0.4) is 0 Å². The van der Waals surface area contributed by atoms with Gasteiger partial charge in [0.15, 0.2) is 0 Å². The fourth-order valence-electron chi connectivity index (χ4n) is 5.57. The lowest BCUT2D eigenvalue weighted by Crippen LogP contribution is -2.33. The van der Waals surface area contributed by atoms with E-state index in [1.165, 1.54) is 93.9 Å². The van der Waals surface area contributed by atoms with Gasteiger partial charge in [0.05, 0.1) is 0 Å². The zero-order valence-corrected chi connectivity index (χ0v) is 17.6. The number of aldehydes is 1. The molecule has 0 aliphatic heterocycles. The van der Waals surface area contributed by atoms with E-state index in [4.69, 9.17) is 4.98 Å². The summed E-state index contributed by atoms with van der Waals surface area (Å²) in [6.45, 7) is 4.56. The lowest BCUT2D eigenvalue weighted by atomic mass is 9.64. The van der Waals surface area contributed by atoms with Crippen LogP contribution in [0, 0.1) is 11.3 Å². The van der Waals surface area contributed by atoms with E-state index in [-0.39, 0.29) is 5.92 Å². The summed E-state index contributed by atoms with van der Waals surface area (Å²) in [6, 6.07) is 4.46. The Balaban J connectivity index is 1.82. The molecule has 1 aromatic rings. The largest absolute Gasteiger partial charge is 0.303 e. The molecule has 2 aliphatic rings. The first-order valence-electron chi connectivity index (χ1n) is 11.6. The van der Waals surface area contributed by atoms with Crippen molar-refractivity contribution >= 4 is 6.29 Å². The van der Waals surface area contributed by atoms with E-state index in [9.17, 15) is 4.79 Å². The molecule has 3 rings (SSSR count). The number of fused-ring (bicyclic) bond motifs is 1. The predicted octanol–water partition coefficient (Wildman–Crippen LogP) is 6.80. The van der Waals surface area contributed by atoms with Crippen LogP contribution < -0.4 is 0 Å². The van der Waals surface area contributed by atoms with Crippen LogP contribution >= 0.6 is 0 Å². The van der Waals surface area contributed by atoms with Gasteiger partial charge in [0, 0.05) is 17.3 Å². The van der Waals surface area contributed by atoms with Crippen molar-refractivity contribution in [2.45, 2.75) is 110 Å². The molecule has 1 saturated carbocycles. The van der Waals surface area contributed by atoms with Crippen molar-refractivity contribution in [1.29, 1.82) is 0 Å². The molecule has 0 amide bonds. The average molecular weight is 370 g/mol. The maximum atomic E-state index is 11.9. The Kier molecular flexibility index (Phi) is 7.49. The van der Waals surface area contributed by atoms with Crippen LogP contribution in [0.5, 0.6) is 0 Å². The highest BCUT2D eigenvalue weighted by Gasteiger charge is 2.39. The summed E-state index contributed by atoms with van der Waals surface area (Å²) in [4.78, 5) is 17.1. The third-order valence-corrected chi connectivity index (χ3v) is 7.17. The number of hydrogen-bond acceptors (Lipinski definition) is 2. The zero-order chi connectivity index (χ0) is 19.1. The SMILES string of the molecule is CCCCC1(CCCC)Cc2nc(CC3CCCCC3)ccc2C(C=O)C1. The van der Waals surface area contributed by atoms with Gasteiger partial charge < -0.3 is 4.79 Å². The Labute approximate surface area is 166 Å². The fourth-order valence-corrected chi connectivity index (χ4v) is 5.57. The highest BCUT2D eigenvalue weighted by molar-refractivity contribution is 5.64. The zero-order valence-electron chi connectivity index (χ0n) is 17.6. The number of unbranched alkanes of at least 4 members (excludes halogenated alkanes) is 2. The molecule has 1 unspecified atom stereocenters. The number of pyridine rings is 1. The first-order chi connectivity index (χ1) is 13.2. The molecular weight excluding hydrogens is 330 g/mol. The second kappa shape index (κ2) is 9.85. The van der Waals surface area contributed by atoms with Gasteiger partial charge in [0.25, 0.3) is 0 Å². The normalized spacial score (nSPS) is 22.4. The van der Waals surface area contributed by atoms with Gasteiger partial charge in [-0.2, -0.15) is 0 Å². The Hall–Kier alpha value is -1.18. The maximum Gasteiger partial charge on any atom is 0.127 e. The second-order valence-electron chi connectivity index (χ2n) is 9.38. The molecule has 0 saturated heterocycles. The van der Waals surface area contributed by atoms with Crippen LogP contribution in [-0.4, -0.2) is 11.3 Å². The number of carbonyl (C=O) groups is 1. The van der Waals surface area contributed by atoms with Gasteiger partial charge in [-0.15, -0.1) is 0 Å². The molecule has 0 N–H and O–H groups in total. The highest BCUT2D eigenvalue weighted by Crippen LogP contribution is 2.47. The van der Waals surface area contributed by atoms with E-state index in [0.717, 1.165) is 25.2 Å². The molecule has 1 aromatic heterocycles. The minimum atomic E-state index is 0.0543. The maximum absolute atomic E-state index is 11.9. The summed E-state index contributed by atoms with van der Waals surface area (Å²) in [5.74, 6) is 0.874. The Bertz CT molecular complexity index is 594. The third-order valence-electron chi connectivity index (χ3n) is 7.17. The van der Waals surface area contributed by atoms with Crippen LogP contribution in [0.25, 0.3) is 0 Å². The van der Waals surface area contributed by atoms with E-state index in [2.05, 4.69) is 26.0 Å². The van der Waals surface area contributed by atoms with Gasteiger partial charge >= 0.3 is 0 Å². The topological polar surface area (TPSA) is 30.0 Å². The third kappa shape index (κ3) is 5.21. The minimum absolute atomic E-state index is 0.0543. The van der Waals surface area contributed by atoms with E-state index in [0.29, 0.717) is 5.41 Å². The Morgan fingerprint density at radius 2 is 1.78 bits per heavy atom. The summed E-state index contributed by atoms with van der Waals surface area (Å²) in [5, 5.41) is 0. The number of nitrogens with zero attached hydrogens (tertiary/aromatic N) is 1. The van der Waals surface area contributed by atoms with Gasteiger partial charge in [-0.05, 0) is 55.1 Å². The van der Waals surface area contributed by atoms with Crippen LogP contribution in [0.4, 0.5) is 0 Å². The summed E-state index contributed by atoms with van der Waals surface area (Å²) in [7, 11) is 0. The summed E-state index contributed by atoms with van der Waals surface area (Å²) < 4.78 is 0. The monoisotopic (exact) mass is 369 g/mol. The van der Waals surface area contributed by atoms with Crippen molar-refractivity contribution in [3.8, 4) is 0 Å². The van der Waals surface area contributed by atoms with Crippen LogP contribution in [-0.2, 0) is 17.6 Å². The quantitative estimate of drug-likeness (QED) is 0.448. The van der Waals surface area contributed by atoms with Crippen LogP contribution in [0.15, 0.2) is 12.1 Å². The number of carbonyl (C=O) groups excluding carboxylic acids is 1. The standard InChI is InChI=1S/C25H39NO/c1-3-5-14-25(15-6-4-2)17-21(19-27)23-13-12-22(26-24(23)18-25)16-20-10-8-7-9-11-20/h12-13,19-21H,3-11,14-18H2,1-2H3. The first kappa shape index (κ1) is 20.6. The molecule has 1 fully saturated rings. The Morgan fingerprint density at radius 1 is 1.07 bits per heavy atom. The lowest BCUT2D eigenvalue weighted by molar-refractivity contribution is -0.110. The molecule has 0 aromatic carbocycles. The van der Waals surface area contributed by atoms with Crippen molar-refractivity contribution in [2.24, 2.45) is 11.3 Å². The van der Waals surface area contributed by atoms with Crippen molar-refractivity contribution in [1.82, 2.24) is 4.98 Å². The minimum Gasteiger partial charge on any atom is -0.303 e. The second-order valence-corrected chi connectivity index (χ2v) is 9.38. The molecule has 2 aliphatic carbocycles. The van der Waals surface area contributed by atoms with Crippen molar-refractivity contribution < 1.29 is 4.79 Å². The summed E-state index contributed by atoms with van der Waals surface area (Å²) >= 11 is 0. The van der Waals surface area contributed by atoms with Gasteiger partial charge in [-0.25, -0.2) is 0 Å². The van der Waals surface area contributed by atoms with E-state index in [1.54, 1.807) is 0 Å². The molecule has 27 heavy (non-hydrogen) atoms. The van der Waals surface area contributed by atoms with Crippen molar-refractivity contribution in [2.75, 3.05) is 0 Å². The van der Waals surface area contributed by atoms with Crippen LogP contribution in [0.1, 0.15) is 114 Å². The van der Waals surface area contributed by atoms with Gasteiger partial charge in [-0.3, -0.25) is 4.98 Å². The van der Waals surface area contributed by atoms with Gasteiger partial charge in [-0.1, -0.05) is 77.7 Å². The van der Waals surface area contributed by atoms with E-state index >= 15 is 0 Å². The van der Waals surface area contributed by atoms with E-state index < -0.39 is 0 Å². The predicted molar refractivity (Wildman–Crippen MR) is 113 cm³/mol.